The topological polar surface area (TPSA) is 0 Å². The van der Waals surface area contributed by atoms with Gasteiger partial charge in [0.25, 0.3) is 0 Å². The molecule has 0 fully saturated rings. The second kappa shape index (κ2) is 8.74. The Kier molecular flexibility index (Phi) is 6.58. The maximum Gasteiger partial charge on any atom is -1.00 e. The largest absolute Gasteiger partial charge is 1.00 e. The summed E-state index contributed by atoms with van der Waals surface area (Å²) in [6.45, 7) is 0. The summed E-state index contributed by atoms with van der Waals surface area (Å²) in [7, 11) is 0. The minimum Gasteiger partial charge on any atom is -1.00 e. The third-order valence-electron chi connectivity index (χ3n) is 5.17. The molecule has 0 spiro atoms. The molecule has 27 heavy (non-hydrogen) atoms. The third kappa shape index (κ3) is 3.66. The van der Waals surface area contributed by atoms with Gasteiger partial charge >= 0.3 is 161 Å². The van der Waals surface area contributed by atoms with Crippen molar-refractivity contribution in [2.24, 2.45) is 0 Å². The molecule has 0 unspecified atom stereocenters. The number of fused-ring (bicyclic) bond motifs is 3. The maximum atomic E-state index is 2.35. The molecule has 5 rings (SSSR count). The molecule has 0 saturated heterocycles. The molecule has 0 aromatic heterocycles. The molecule has 0 atom stereocenters. The zero-order valence-electron chi connectivity index (χ0n) is 14.7. The summed E-state index contributed by atoms with van der Waals surface area (Å²) < 4.78 is 2.37. The van der Waals surface area contributed by atoms with Crippen LogP contribution in [0.5, 0.6) is 0 Å². The van der Waals surface area contributed by atoms with Crippen LogP contribution in [0.15, 0.2) is 94.3 Å². The SMILES string of the molecule is C1=CC(c2ccccc2)=[C]([Zr+2][CH]2c3ccccc3-c3ccccc32)C1.[Cl-].[Cl-]. The standard InChI is InChI=1S/C13H9.C11H9.2ClH.Zr/c1-3-7-12-10(5-1)9-11-6-2-4-8-13(11)12;1-2-6-10(7-3-1)11-8-4-5-9-11;;;/h1-9H;1-4,6-8H,5H2;2*1H;/q;;;;+2/p-2. The molecule has 0 nitrogen and oxygen atoms in total. The number of hydrogen-bond donors (Lipinski definition) is 0. The van der Waals surface area contributed by atoms with Gasteiger partial charge in [0.2, 0.25) is 0 Å². The normalized spacial score (nSPS) is 14.1. The zero-order chi connectivity index (χ0) is 16.6. The third-order valence-corrected chi connectivity index (χ3v) is 9.43. The molecule has 0 heterocycles. The number of halogens is 2. The van der Waals surface area contributed by atoms with Crippen LogP contribution in [-0.4, -0.2) is 0 Å². The van der Waals surface area contributed by atoms with E-state index in [1.54, 1.807) is 14.4 Å². The van der Waals surface area contributed by atoms with E-state index in [0.29, 0.717) is 3.63 Å². The Morgan fingerprint density at radius 1 is 0.667 bits per heavy atom. The Labute approximate surface area is 184 Å². The summed E-state index contributed by atoms with van der Waals surface area (Å²) in [5.41, 5.74) is 8.90. The molecule has 0 saturated carbocycles. The zero-order valence-corrected chi connectivity index (χ0v) is 18.7. The summed E-state index contributed by atoms with van der Waals surface area (Å²) in [6, 6.07) is 29.0. The van der Waals surface area contributed by atoms with E-state index < -0.39 is 23.2 Å². The van der Waals surface area contributed by atoms with Crippen LogP contribution in [0.3, 0.4) is 0 Å². The van der Waals surface area contributed by atoms with Crippen LogP contribution < -0.4 is 24.8 Å². The van der Waals surface area contributed by atoms with E-state index in [1.807, 2.05) is 0 Å². The first-order valence-corrected chi connectivity index (χ1v) is 11.5. The van der Waals surface area contributed by atoms with E-state index in [2.05, 4.69) is 91.0 Å². The first-order chi connectivity index (χ1) is 12.4. The van der Waals surface area contributed by atoms with Crippen molar-refractivity contribution in [2.75, 3.05) is 0 Å². The van der Waals surface area contributed by atoms with Gasteiger partial charge in [-0.05, 0) is 0 Å². The number of rotatable bonds is 3. The molecule has 132 valence electrons. The average molecular weight is 469 g/mol. The Hall–Kier alpha value is -1.40. The van der Waals surface area contributed by atoms with Crippen LogP contribution in [-0.2, 0) is 23.2 Å². The average Bonchev–Trinajstić information content (AvgIpc) is 3.27. The van der Waals surface area contributed by atoms with Gasteiger partial charge in [0.1, 0.15) is 0 Å². The van der Waals surface area contributed by atoms with Crippen molar-refractivity contribution in [3.63, 3.8) is 0 Å². The van der Waals surface area contributed by atoms with Gasteiger partial charge in [-0.15, -0.1) is 0 Å². The van der Waals surface area contributed by atoms with Gasteiger partial charge in [0.05, 0.1) is 0 Å². The van der Waals surface area contributed by atoms with Gasteiger partial charge in [-0.1, -0.05) is 0 Å². The minimum absolute atomic E-state index is 0. The van der Waals surface area contributed by atoms with Gasteiger partial charge in [-0.25, -0.2) is 0 Å². The molecular formula is C24H18Cl2Zr. The molecule has 3 heteroatoms. The maximum absolute atomic E-state index is 2.35. The molecule has 0 aliphatic heterocycles. The Morgan fingerprint density at radius 2 is 1.22 bits per heavy atom. The first-order valence-electron chi connectivity index (χ1n) is 8.82. The molecule has 2 aliphatic carbocycles. The molecule has 0 bridgehead atoms. The van der Waals surface area contributed by atoms with E-state index in [4.69, 9.17) is 0 Å². The summed E-state index contributed by atoms with van der Waals surface area (Å²) >= 11 is -0.770. The number of benzene rings is 3. The fraction of sp³-hybridized carbons (Fsp3) is 0.0833. The second-order valence-corrected chi connectivity index (χ2v) is 10.2. The quantitative estimate of drug-likeness (QED) is 0.516. The van der Waals surface area contributed by atoms with Crippen molar-refractivity contribution in [1.29, 1.82) is 0 Å². The summed E-state index contributed by atoms with van der Waals surface area (Å²) in [6.07, 6.45) is 5.85. The Morgan fingerprint density at radius 3 is 1.85 bits per heavy atom. The smallest absolute Gasteiger partial charge is 1.00 e. The fourth-order valence-corrected chi connectivity index (χ4v) is 8.40. The van der Waals surface area contributed by atoms with Gasteiger partial charge in [0, 0.05) is 0 Å². The van der Waals surface area contributed by atoms with Crippen LogP contribution in [0, 0.1) is 0 Å². The van der Waals surface area contributed by atoms with Crippen molar-refractivity contribution < 1.29 is 48.0 Å². The monoisotopic (exact) mass is 466 g/mol. The van der Waals surface area contributed by atoms with Crippen molar-refractivity contribution in [3.8, 4) is 11.1 Å². The van der Waals surface area contributed by atoms with Crippen LogP contribution >= 0.6 is 0 Å². The van der Waals surface area contributed by atoms with E-state index in [-0.39, 0.29) is 24.8 Å². The predicted octanol–water partition coefficient (Wildman–Crippen LogP) is 0.218. The molecular weight excluding hydrogens is 450 g/mol. The summed E-state index contributed by atoms with van der Waals surface area (Å²) in [5, 5.41) is 0. The van der Waals surface area contributed by atoms with Crippen LogP contribution in [0.1, 0.15) is 26.7 Å². The van der Waals surface area contributed by atoms with E-state index in [9.17, 15) is 0 Å². The van der Waals surface area contributed by atoms with Gasteiger partial charge < -0.3 is 24.8 Å². The van der Waals surface area contributed by atoms with Gasteiger partial charge in [0.15, 0.2) is 0 Å². The fourth-order valence-electron chi connectivity index (χ4n) is 4.02. The van der Waals surface area contributed by atoms with Crippen molar-refractivity contribution in [2.45, 2.75) is 10.0 Å². The van der Waals surface area contributed by atoms with E-state index in [1.165, 1.54) is 22.3 Å². The van der Waals surface area contributed by atoms with Crippen LogP contribution in [0.25, 0.3) is 16.7 Å². The molecule has 3 aromatic carbocycles. The van der Waals surface area contributed by atoms with E-state index >= 15 is 0 Å². The second-order valence-electron chi connectivity index (χ2n) is 6.62. The summed E-state index contributed by atoms with van der Waals surface area (Å²) in [4.78, 5) is 0. The van der Waals surface area contributed by atoms with Crippen molar-refractivity contribution in [1.82, 2.24) is 0 Å². The molecule has 2 aliphatic rings. The Balaban J connectivity index is 0.00000105. The summed E-state index contributed by atoms with van der Waals surface area (Å²) in [5.74, 6) is 0. The van der Waals surface area contributed by atoms with Gasteiger partial charge in [-0.3, -0.25) is 0 Å². The Bertz CT molecular complexity index is 960. The molecule has 3 aromatic rings. The number of allylic oxidation sites excluding steroid dienone is 4. The predicted molar refractivity (Wildman–Crippen MR) is 101 cm³/mol. The van der Waals surface area contributed by atoms with Gasteiger partial charge in [-0.2, -0.15) is 0 Å². The molecule has 0 radical (unpaired) electrons. The van der Waals surface area contributed by atoms with Crippen LogP contribution in [0.4, 0.5) is 0 Å². The number of hydrogen-bond acceptors (Lipinski definition) is 0. The molecule has 0 N–H and O–H groups in total. The minimum atomic E-state index is -0.770. The first kappa shape index (κ1) is 20.3. The molecule has 0 amide bonds. The van der Waals surface area contributed by atoms with Crippen molar-refractivity contribution >= 4 is 5.57 Å². The van der Waals surface area contributed by atoms with Crippen LogP contribution in [0.2, 0.25) is 0 Å². The van der Waals surface area contributed by atoms with E-state index in [0.717, 1.165) is 6.42 Å². The van der Waals surface area contributed by atoms with Crippen molar-refractivity contribution in [3.05, 3.63) is 111 Å².